The lowest BCUT2D eigenvalue weighted by molar-refractivity contribution is -0.113. The van der Waals surface area contributed by atoms with Crippen LogP contribution < -0.4 is 20.7 Å². The number of H-pyrrole nitrogens is 1. The summed E-state index contributed by atoms with van der Waals surface area (Å²) in [4.78, 5) is 31.5. The minimum atomic E-state index is -0.231. The van der Waals surface area contributed by atoms with E-state index in [2.05, 4.69) is 16.4 Å². The Hall–Kier alpha value is -2.77. The molecular weight excluding hydrogens is 452 g/mol. The largest absolute Gasteiger partial charge is 0.493 e. The first kappa shape index (κ1) is 25.8. The summed E-state index contributed by atoms with van der Waals surface area (Å²) in [5.74, 6) is 0.609. The van der Waals surface area contributed by atoms with E-state index in [0.717, 1.165) is 53.9 Å². The van der Waals surface area contributed by atoms with Gasteiger partial charge in [0.05, 0.1) is 23.4 Å². The quantitative estimate of drug-likeness (QED) is 0.532. The molecule has 184 valence electrons. The molecule has 0 unspecified atom stereocenters. The van der Waals surface area contributed by atoms with E-state index in [1.807, 2.05) is 37.8 Å². The van der Waals surface area contributed by atoms with Gasteiger partial charge in [0.2, 0.25) is 0 Å². The van der Waals surface area contributed by atoms with Gasteiger partial charge in [-0.3, -0.25) is 9.59 Å². The molecule has 2 aromatic rings. The van der Waals surface area contributed by atoms with Gasteiger partial charge in [0, 0.05) is 36.6 Å². The Bertz CT molecular complexity index is 1100. The smallest absolute Gasteiger partial charge is 0.259 e. The standard InChI is InChI=1S/C26H34N4O3.ClH/c1-5-33-24-13-19-20(11-22-15(2)10-16(3)29-22)26(32)30(14-17-6-8-18(27)9-7-17)23(19)12-21(24)25(31)28-4;/h10-13,17-18,29H,5-9,14,27H2,1-4H3,(H,28,31);1H/b20-11-;. The number of carbonyl (C=O) groups excluding carboxylic acids is 2. The topological polar surface area (TPSA) is 100 Å². The maximum absolute atomic E-state index is 13.7. The Balaban J connectivity index is 0.00000324. The molecule has 0 saturated heterocycles. The number of anilines is 1. The molecule has 2 amide bonds. The van der Waals surface area contributed by atoms with Gasteiger partial charge in [-0.05, 0) is 82.2 Å². The summed E-state index contributed by atoms with van der Waals surface area (Å²) in [6.45, 7) is 6.96. The van der Waals surface area contributed by atoms with Gasteiger partial charge >= 0.3 is 0 Å². The third kappa shape index (κ3) is 5.00. The van der Waals surface area contributed by atoms with Crippen molar-refractivity contribution in [1.82, 2.24) is 10.3 Å². The Labute approximate surface area is 207 Å². The molecule has 2 heterocycles. The number of amides is 2. The average Bonchev–Trinajstić information content (AvgIpc) is 3.24. The minimum Gasteiger partial charge on any atom is -0.493 e. The molecule has 1 fully saturated rings. The van der Waals surface area contributed by atoms with Crippen LogP contribution in [0.15, 0.2) is 18.2 Å². The van der Waals surface area contributed by atoms with E-state index in [0.29, 0.717) is 36.0 Å². The number of aromatic amines is 1. The van der Waals surface area contributed by atoms with Gasteiger partial charge in [-0.25, -0.2) is 0 Å². The molecule has 1 aliphatic carbocycles. The zero-order valence-electron chi connectivity index (χ0n) is 20.4. The SMILES string of the molecule is CCOc1cc2c(cc1C(=O)NC)N(CC1CCC(N)CC1)C(=O)/C2=C\c1[nH]c(C)cc1C.Cl. The second-order valence-corrected chi connectivity index (χ2v) is 9.18. The number of hydrogen-bond donors (Lipinski definition) is 3. The fourth-order valence-corrected chi connectivity index (χ4v) is 4.96. The van der Waals surface area contributed by atoms with Crippen LogP contribution in [0.5, 0.6) is 5.75 Å². The van der Waals surface area contributed by atoms with Crippen LogP contribution in [-0.2, 0) is 4.79 Å². The van der Waals surface area contributed by atoms with Crippen molar-refractivity contribution >= 4 is 41.6 Å². The molecule has 8 heteroatoms. The lowest BCUT2D eigenvalue weighted by Gasteiger charge is -2.30. The van der Waals surface area contributed by atoms with Gasteiger partial charge in [-0.2, -0.15) is 0 Å². The summed E-state index contributed by atoms with van der Waals surface area (Å²) in [5.41, 5.74) is 11.8. The van der Waals surface area contributed by atoms with Crippen molar-refractivity contribution < 1.29 is 14.3 Å². The number of fused-ring (bicyclic) bond motifs is 1. The Morgan fingerprint density at radius 1 is 1.24 bits per heavy atom. The van der Waals surface area contributed by atoms with Gasteiger partial charge in [0.15, 0.2) is 0 Å². The van der Waals surface area contributed by atoms with Crippen LogP contribution in [0, 0.1) is 19.8 Å². The molecule has 0 spiro atoms. The average molecular weight is 487 g/mol. The fourth-order valence-electron chi connectivity index (χ4n) is 4.96. The summed E-state index contributed by atoms with van der Waals surface area (Å²) >= 11 is 0. The Kier molecular flexibility index (Phi) is 8.10. The highest BCUT2D eigenvalue weighted by molar-refractivity contribution is 6.36. The molecule has 1 aliphatic heterocycles. The molecule has 2 aliphatic rings. The summed E-state index contributed by atoms with van der Waals surface area (Å²) in [6.07, 6.45) is 5.91. The Morgan fingerprint density at radius 3 is 2.53 bits per heavy atom. The van der Waals surface area contributed by atoms with E-state index in [4.69, 9.17) is 10.5 Å². The highest BCUT2D eigenvalue weighted by Crippen LogP contribution is 2.43. The molecular formula is C26H35ClN4O3. The first-order valence-corrected chi connectivity index (χ1v) is 11.8. The number of ether oxygens (including phenoxy) is 1. The first-order chi connectivity index (χ1) is 15.8. The minimum absolute atomic E-state index is 0. The number of aromatic nitrogens is 1. The zero-order valence-corrected chi connectivity index (χ0v) is 21.2. The highest BCUT2D eigenvalue weighted by Gasteiger charge is 2.36. The van der Waals surface area contributed by atoms with Gasteiger partial charge in [-0.15, -0.1) is 12.4 Å². The number of halogens is 1. The number of nitrogens with one attached hydrogen (secondary N) is 2. The van der Waals surface area contributed by atoms with Crippen molar-refractivity contribution in [1.29, 1.82) is 0 Å². The Morgan fingerprint density at radius 2 is 1.94 bits per heavy atom. The predicted molar refractivity (Wildman–Crippen MR) is 139 cm³/mol. The van der Waals surface area contributed by atoms with E-state index in [1.165, 1.54) is 0 Å². The maximum Gasteiger partial charge on any atom is 0.259 e. The molecule has 34 heavy (non-hydrogen) atoms. The van der Waals surface area contributed by atoms with E-state index in [-0.39, 0.29) is 30.3 Å². The molecule has 7 nitrogen and oxygen atoms in total. The number of nitrogens with two attached hydrogens (primary N) is 1. The van der Waals surface area contributed by atoms with E-state index < -0.39 is 0 Å². The lowest BCUT2D eigenvalue weighted by atomic mass is 9.86. The van der Waals surface area contributed by atoms with Gasteiger partial charge in [-0.1, -0.05) is 0 Å². The number of nitrogens with zero attached hydrogens (tertiary/aromatic N) is 1. The second-order valence-electron chi connectivity index (χ2n) is 9.18. The van der Waals surface area contributed by atoms with Gasteiger partial charge in [0.25, 0.3) is 11.8 Å². The molecule has 1 aromatic carbocycles. The maximum atomic E-state index is 13.7. The molecule has 0 radical (unpaired) electrons. The molecule has 1 aromatic heterocycles. The summed E-state index contributed by atoms with van der Waals surface area (Å²) in [7, 11) is 1.60. The van der Waals surface area contributed by atoms with E-state index in [1.54, 1.807) is 13.1 Å². The molecule has 4 rings (SSSR count). The van der Waals surface area contributed by atoms with Crippen LogP contribution in [0.1, 0.15) is 65.5 Å². The van der Waals surface area contributed by atoms with Crippen LogP contribution in [0.2, 0.25) is 0 Å². The summed E-state index contributed by atoms with van der Waals surface area (Å²) in [5, 5.41) is 2.69. The van der Waals surface area contributed by atoms with Gasteiger partial charge < -0.3 is 25.7 Å². The number of benzene rings is 1. The molecule has 1 saturated carbocycles. The summed E-state index contributed by atoms with van der Waals surface area (Å²) < 4.78 is 5.80. The lowest BCUT2D eigenvalue weighted by Crippen LogP contribution is -2.36. The van der Waals surface area contributed by atoms with E-state index in [9.17, 15) is 9.59 Å². The number of rotatable bonds is 6. The normalized spacial score (nSPS) is 20.8. The number of aryl methyl sites for hydroxylation is 2. The van der Waals surface area contributed by atoms with Crippen molar-refractivity contribution in [3.63, 3.8) is 0 Å². The van der Waals surface area contributed by atoms with E-state index >= 15 is 0 Å². The highest BCUT2D eigenvalue weighted by atomic mass is 35.5. The van der Waals surface area contributed by atoms with Crippen LogP contribution in [0.3, 0.4) is 0 Å². The summed E-state index contributed by atoms with van der Waals surface area (Å²) in [6, 6.07) is 5.97. The third-order valence-corrected chi connectivity index (χ3v) is 6.74. The van der Waals surface area contributed by atoms with Crippen molar-refractivity contribution in [2.45, 2.75) is 52.5 Å². The predicted octanol–water partition coefficient (Wildman–Crippen LogP) is 4.22. The second kappa shape index (κ2) is 10.7. The number of carbonyl (C=O) groups is 2. The molecule has 0 atom stereocenters. The zero-order chi connectivity index (χ0) is 23.7. The molecule has 4 N–H and O–H groups in total. The monoisotopic (exact) mass is 486 g/mol. The van der Waals surface area contributed by atoms with Crippen molar-refractivity contribution in [2.24, 2.45) is 11.7 Å². The van der Waals surface area contributed by atoms with Crippen LogP contribution in [0.25, 0.3) is 11.6 Å². The van der Waals surface area contributed by atoms with Crippen molar-refractivity contribution in [3.05, 3.63) is 46.3 Å². The van der Waals surface area contributed by atoms with Crippen molar-refractivity contribution in [2.75, 3.05) is 25.1 Å². The van der Waals surface area contributed by atoms with Crippen LogP contribution in [0.4, 0.5) is 5.69 Å². The van der Waals surface area contributed by atoms with Gasteiger partial charge in [0.1, 0.15) is 5.75 Å². The van der Waals surface area contributed by atoms with Crippen LogP contribution in [-0.4, -0.2) is 43.0 Å². The van der Waals surface area contributed by atoms with Crippen LogP contribution >= 0.6 is 12.4 Å². The number of hydrogen-bond acceptors (Lipinski definition) is 4. The van der Waals surface area contributed by atoms with Crippen molar-refractivity contribution in [3.8, 4) is 5.75 Å². The third-order valence-electron chi connectivity index (χ3n) is 6.74. The first-order valence-electron chi connectivity index (χ1n) is 11.8. The molecule has 0 bridgehead atoms. The fraction of sp³-hybridized carbons (Fsp3) is 0.462.